The first-order chi connectivity index (χ1) is 12.5. The van der Waals surface area contributed by atoms with Crippen LogP contribution in [0.15, 0.2) is 46.9 Å². The zero-order valence-corrected chi connectivity index (χ0v) is 16.2. The molecule has 0 fully saturated rings. The highest BCUT2D eigenvalue weighted by Crippen LogP contribution is 2.25. The van der Waals surface area contributed by atoms with Crippen molar-refractivity contribution in [3.63, 3.8) is 0 Å². The van der Waals surface area contributed by atoms with Gasteiger partial charge in [0, 0.05) is 4.47 Å². The Morgan fingerprint density at radius 3 is 2.46 bits per heavy atom. The number of hydrogen-bond acceptors (Lipinski definition) is 4. The van der Waals surface area contributed by atoms with Crippen LogP contribution in [0.3, 0.4) is 0 Å². The molecule has 2 aromatic carbocycles. The number of nitrogens with two attached hydrogens (primary N) is 1. The summed E-state index contributed by atoms with van der Waals surface area (Å²) in [5.74, 6) is 0.575. The van der Waals surface area contributed by atoms with E-state index < -0.39 is 0 Å². The maximum absolute atomic E-state index is 9.42. The highest BCUT2D eigenvalue weighted by molar-refractivity contribution is 9.10. The number of rotatable bonds is 5. The predicted molar refractivity (Wildman–Crippen MR) is 105 cm³/mol. The summed E-state index contributed by atoms with van der Waals surface area (Å²) in [5, 5.41) is 13.8. The summed E-state index contributed by atoms with van der Waals surface area (Å²) in [6.45, 7) is 4.94. The fraction of sp³-hybridized carbons (Fsp3) is 0.200. The van der Waals surface area contributed by atoms with Crippen LogP contribution in [0.2, 0.25) is 0 Å². The highest BCUT2D eigenvalue weighted by Gasteiger charge is 2.17. The van der Waals surface area contributed by atoms with E-state index >= 15 is 0 Å². The molecule has 0 unspecified atom stereocenters. The number of nitriles is 1. The maximum Gasteiger partial charge on any atom is 0.253 e. The Kier molecular flexibility index (Phi) is 5.29. The van der Waals surface area contributed by atoms with Gasteiger partial charge in [0.05, 0.1) is 6.54 Å². The van der Waals surface area contributed by atoms with E-state index in [1.54, 1.807) is 4.68 Å². The van der Waals surface area contributed by atoms with Gasteiger partial charge in [-0.3, -0.25) is 0 Å². The molecule has 26 heavy (non-hydrogen) atoms. The third kappa shape index (κ3) is 3.89. The first-order valence-electron chi connectivity index (χ1n) is 8.17. The van der Waals surface area contributed by atoms with Crippen molar-refractivity contribution in [3.8, 4) is 11.9 Å². The van der Waals surface area contributed by atoms with Crippen molar-refractivity contribution in [3.05, 3.63) is 74.8 Å². The number of nitrogens with zero attached hydrogens (tertiary/aromatic N) is 3. The Hall–Kier alpha value is -2.78. The Morgan fingerprint density at radius 2 is 1.81 bits per heavy atom. The minimum atomic E-state index is 0.264. The average Bonchev–Trinajstić information content (AvgIpc) is 2.93. The molecule has 0 aliphatic heterocycles. The monoisotopic (exact) mass is 410 g/mol. The standard InChI is InChI=1S/C20H19BrN4O/c1-13-3-4-16(9-14(13)2)12-26-20-18(10-22)19(23)25(24-20)11-15-5-7-17(21)8-6-15/h3-9H,11-12,23H2,1-2H3. The molecule has 0 bridgehead atoms. The first-order valence-corrected chi connectivity index (χ1v) is 8.97. The van der Waals surface area contributed by atoms with E-state index in [1.165, 1.54) is 11.1 Å². The van der Waals surface area contributed by atoms with Crippen LogP contribution in [-0.4, -0.2) is 9.78 Å². The smallest absolute Gasteiger partial charge is 0.253 e. The molecule has 3 rings (SSSR count). The molecule has 0 saturated heterocycles. The predicted octanol–water partition coefficient (Wildman–Crippen LogP) is 4.34. The van der Waals surface area contributed by atoms with Crippen LogP contribution in [0, 0.1) is 25.2 Å². The van der Waals surface area contributed by atoms with Crippen LogP contribution < -0.4 is 10.5 Å². The number of nitrogen functional groups attached to an aromatic ring is 1. The number of halogens is 1. The van der Waals surface area contributed by atoms with E-state index in [-0.39, 0.29) is 11.4 Å². The van der Waals surface area contributed by atoms with Gasteiger partial charge < -0.3 is 10.5 Å². The van der Waals surface area contributed by atoms with E-state index in [9.17, 15) is 5.26 Å². The molecule has 5 nitrogen and oxygen atoms in total. The quantitative estimate of drug-likeness (QED) is 0.678. The Balaban J connectivity index is 1.80. The molecule has 6 heteroatoms. The minimum absolute atomic E-state index is 0.264. The van der Waals surface area contributed by atoms with Crippen LogP contribution in [0.4, 0.5) is 5.82 Å². The van der Waals surface area contributed by atoms with E-state index in [0.717, 1.165) is 15.6 Å². The second-order valence-electron chi connectivity index (χ2n) is 6.17. The molecule has 0 radical (unpaired) electrons. The first kappa shape index (κ1) is 18.0. The zero-order valence-electron chi connectivity index (χ0n) is 14.7. The Morgan fingerprint density at radius 1 is 1.12 bits per heavy atom. The van der Waals surface area contributed by atoms with Gasteiger partial charge in [-0.25, -0.2) is 4.68 Å². The van der Waals surface area contributed by atoms with Crippen molar-refractivity contribution in [1.82, 2.24) is 9.78 Å². The van der Waals surface area contributed by atoms with Crippen LogP contribution in [0.5, 0.6) is 5.88 Å². The molecule has 0 aliphatic rings. The van der Waals surface area contributed by atoms with Crippen LogP contribution >= 0.6 is 15.9 Å². The van der Waals surface area contributed by atoms with Crippen LogP contribution in [0.1, 0.15) is 27.8 Å². The van der Waals surface area contributed by atoms with Crippen molar-refractivity contribution in [1.29, 1.82) is 5.26 Å². The lowest BCUT2D eigenvalue weighted by molar-refractivity contribution is 0.289. The number of anilines is 1. The molecular formula is C20H19BrN4O. The van der Waals surface area contributed by atoms with E-state index in [4.69, 9.17) is 10.5 Å². The van der Waals surface area contributed by atoms with E-state index in [2.05, 4.69) is 53.1 Å². The van der Waals surface area contributed by atoms with Gasteiger partial charge in [0.15, 0.2) is 5.56 Å². The summed E-state index contributed by atoms with van der Waals surface area (Å²) in [5.41, 5.74) is 10.9. The van der Waals surface area contributed by atoms with Gasteiger partial charge in [-0.15, -0.1) is 5.10 Å². The van der Waals surface area contributed by atoms with Crippen molar-refractivity contribution in [2.24, 2.45) is 0 Å². The summed E-state index contributed by atoms with van der Waals surface area (Å²) in [6, 6.07) is 16.1. The molecule has 0 atom stereocenters. The molecule has 132 valence electrons. The average molecular weight is 411 g/mol. The molecular weight excluding hydrogens is 392 g/mol. The van der Waals surface area contributed by atoms with Crippen molar-refractivity contribution >= 4 is 21.7 Å². The summed E-state index contributed by atoms with van der Waals surface area (Å²) in [4.78, 5) is 0. The topological polar surface area (TPSA) is 76.9 Å². The molecule has 0 amide bonds. The molecule has 2 N–H and O–H groups in total. The number of benzene rings is 2. The van der Waals surface area contributed by atoms with Gasteiger partial charge in [0.1, 0.15) is 18.5 Å². The number of aryl methyl sites for hydroxylation is 2. The number of hydrogen-bond donors (Lipinski definition) is 1. The van der Waals surface area contributed by atoms with Gasteiger partial charge in [-0.05, 0) is 48.2 Å². The molecule has 0 aliphatic carbocycles. The molecule has 3 aromatic rings. The van der Waals surface area contributed by atoms with Gasteiger partial charge in [0.2, 0.25) is 0 Å². The fourth-order valence-corrected chi connectivity index (χ4v) is 2.85. The fourth-order valence-electron chi connectivity index (χ4n) is 2.59. The summed E-state index contributed by atoms with van der Waals surface area (Å²) < 4.78 is 8.38. The van der Waals surface area contributed by atoms with Crippen LogP contribution in [0.25, 0.3) is 0 Å². The van der Waals surface area contributed by atoms with Gasteiger partial charge >= 0.3 is 0 Å². The normalized spacial score (nSPS) is 10.5. The molecule has 1 aromatic heterocycles. The molecule has 1 heterocycles. The molecule has 0 spiro atoms. The molecule has 0 saturated carbocycles. The second-order valence-corrected chi connectivity index (χ2v) is 7.08. The van der Waals surface area contributed by atoms with Gasteiger partial charge in [-0.1, -0.05) is 46.3 Å². The third-order valence-electron chi connectivity index (χ3n) is 4.26. The largest absolute Gasteiger partial charge is 0.471 e. The lowest BCUT2D eigenvalue weighted by atomic mass is 10.1. The highest BCUT2D eigenvalue weighted by atomic mass is 79.9. The zero-order chi connectivity index (χ0) is 18.7. The number of ether oxygens (including phenoxy) is 1. The van der Waals surface area contributed by atoms with E-state index in [1.807, 2.05) is 30.3 Å². The third-order valence-corrected chi connectivity index (χ3v) is 4.79. The van der Waals surface area contributed by atoms with Crippen LogP contribution in [-0.2, 0) is 13.2 Å². The second kappa shape index (κ2) is 7.63. The van der Waals surface area contributed by atoms with Gasteiger partial charge in [-0.2, -0.15) is 5.26 Å². The van der Waals surface area contributed by atoms with Gasteiger partial charge in [0.25, 0.3) is 5.88 Å². The minimum Gasteiger partial charge on any atom is -0.471 e. The van der Waals surface area contributed by atoms with Crippen molar-refractivity contribution in [2.45, 2.75) is 27.0 Å². The Labute approximate surface area is 161 Å². The lowest BCUT2D eigenvalue weighted by Gasteiger charge is -2.06. The Bertz CT molecular complexity index is 971. The number of aromatic nitrogens is 2. The lowest BCUT2D eigenvalue weighted by Crippen LogP contribution is -2.06. The summed E-state index contributed by atoms with van der Waals surface area (Å²) in [6.07, 6.45) is 0. The van der Waals surface area contributed by atoms with Crippen molar-refractivity contribution in [2.75, 3.05) is 5.73 Å². The summed E-state index contributed by atoms with van der Waals surface area (Å²) in [7, 11) is 0. The van der Waals surface area contributed by atoms with Crippen molar-refractivity contribution < 1.29 is 4.74 Å². The SMILES string of the molecule is Cc1ccc(COc2nn(Cc3ccc(Br)cc3)c(N)c2C#N)cc1C. The van der Waals surface area contributed by atoms with E-state index in [0.29, 0.717) is 19.0 Å². The maximum atomic E-state index is 9.42. The summed E-state index contributed by atoms with van der Waals surface area (Å²) >= 11 is 3.41.